The standard InChI is InChI=1S/C32H30N6O4/c1-2-28-33-18-27(35-28)21-10-12-23(13-11-21)34-31(30-25-17-24(38(41)42)14-15-26(25)36-32(30)40)22-8-6-20(7-9-22)19-37-16-4-3-5-29(37)39/h6-15,17-18,36,40H,2-5,16,19H2,1H3,(H,33,35). The molecule has 6 rings (SSSR count). The lowest BCUT2D eigenvalue weighted by molar-refractivity contribution is -0.384. The molecule has 212 valence electrons. The number of nitro groups is 1. The molecule has 5 aromatic rings. The first-order valence-corrected chi connectivity index (χ1v) is 14.0. The maximum atomic E-state index is 12.3. The fourth-order valence-electron chi connectivity index (χ4n) is 5.33. The minimum absolute atomic E-state index is 0.0843. The number of benzene rings is 3. The number of hydrogen-bond acceptors (Lipinski definition) is 6. The number of aliphatic imine (C=N–C) groups is 1. The molecule has 1 fully saturated rings. The van der Waals surface area contributed by atoms with Crippen LogP contribution in [0.2, 0.25) is 0 Å². The lowest BCUT2D eigenvalue weighted by Crippen LogP contribution is -2.34. The van der Waals surface area contributed by atoms with E-state index < -0.39 is 4.92 Å². The second-order valence-electron chi connectivity index (χ2n) is 10.4. The molecule has 0 saturated carbocycles. The van der Waals surface area contributed by atoms with E-state index in [0.29, 0.717) is 40.8 Å². The Morgan fingerprint density at radius 2 is 1.86 bits per heavy atom. The number of aryl methyl sites for hydroxylation is 1. The fourth-order valence-corrected chi connectivity index (χ4v) is 5.33. The first-order valence-electron chi connectivity index (χ1n) is 14.0. The van der Waals surface area contributed by atoms with E-state index in [-0.39, 0.29) is 17.5 Å². The number of H-pyrrole nitrogens is 2. The summed E-state index contributed by atoms with van der Waals surface area (Å²) in [6.07, 6.45) is 5.14. The predicted octanol–water partition coefficient (Wildman–Crippen LogP) is 6.42. The van der Waals surface area contributed by atoms with Crippen LogP contribution in [0.1, 0.15) is 48.7 Å². The zero-order valence-corrected chi connectivity index (χ0v) is 23.1. The van der Waals surface area contributed by atoms with Gasteiger partial charge in [0.1, 0.15) is 5.82 Å². The molecule has 2 aromatic heterocycles. The summed E-state index contributed by atoms with van der Waals surface area (Å²) in [6.45, 7) is 3.32. The zero-order valence-electron chi connectivity index (χ0n) is 23.1. The smallest absolute Gasteiger partial charge is 0.270 e. The molecule has 1 aliphatic rings. The van der Waals surface area contributed by atoms with Gasteiger partial charge in [0.05, 0.1) is 33.8 Å². The summed E-state index contributed by atoms with van der Waals surface area (Å²) in [6, 6.07) is 19.8. The molecule has 10 nitrogen and oxygen atoms in total. The summed E-state index contributed by atoms with van der Waals surface area (Å²) in [4.78, 5) is 40.9. The van der Waals surface area contributed by atoms with Gasteiger partial charge in [-0.25, -0.2) is 9.98 Å². The summed E-state index contributed by atoms with van der Waals surface area (Å²) in [5.74, 6) is 0.946. The van der Waals surface area contributed by atoms with Gasteiger partial charge in [0.15, 0.2) is 5.88 Å². The van der Waals surface area contributed by atoms with Crippen molar-refractivity contribution in [3.05, 3.63) is 106 Å². The topological polar surface area (TPSA) is 141 Å². The highest BCUT2D eigenvalue weighted by molar-refractivity contribution is 6.22. The van der Waals surface area contributed by atoms with Crippen molar-refractivity contribution < 1.29 is 14.8 Å². The highest BCUT2D eigenvalue weighted by Gasteiger charge is 2.22. The van der Waals surface area contributed by atoms with Crippen molar-refractivity contribution in [2.24, 2.45) is 4.99 Å². The van der Waals surface area contributed by atoms with Crippen molar-refractivity contribution in [1.29, 1.82) is 0 Å². The number of imidazole rings is 1. The molecular weight excluding hydrogens is 532 g/mol. The van der Waals surface area contributed by atoms with Gasteiger partial charge in [0.25, 0.3) is 5.69 Å². The number of amides is 1. The first-order chi connectivity index (χ1) is 20.4. The fraction of sp³-hybridized carbons (Fsp3) is 0.219. The Balaban J connectivity index is 1.41. The minimum atomic E-state index is -0.459. The van der Waals surface area contributed by atoms with Gasteiger partial charge >= 0.3 is 0 Å². The van der Waals surface area contributed by atoms with E-state index in [1.54, 1.807) is 12.3 Å². The van der Waals surface area contributed by atoms with Crippen LogP contribution in [0, 0.1) is 10.1 Å². The molecule has 1 aliphatic heterocycles. The molecule has 0 spiro atoms. The van der Waals surface area contributed by atoms with Crippen LogP contribution in [0.3, 0.4) is 0 Å². The molecule has 3 aromatic carbocycles. The number of hydrogen-bond donors (Lipinski definition) is 3. The van der Waals surface area contributed by atoms with Gasteiger partial charge in [-0.2, -0.15) is 0 Å². The van der Waals surface area contributed by atoms with Gasteiger partial charge < -0.3 is 20.0 Å². The molecule has 3 N–H and O–H groups in total. The normalized spacial score (nSPS) is 14.1. The number of fused-ring (bicyclic) bond motifs is 1. The Bertz CT molecular complexity index is 1800. The molecule has 1 saturated heterocycles. The second kappa shape index (κ2) is 11.3. The number of carbonyl (C=O) groups is 1. The number of nitrogens with one attached hydrogen (secondary N) is 2. The summed E-state index contributed by atoms with van der Waals surface area (Å²) in [7, 11) is 0. The summed E-state index contributed by atoms with van der Waals surface area (Å²) < 4.78 is 0. The second-order valence-corrected chi connectivity index (χ2v) is 10.4. The van der Waals surface area contributed by atoms with E-state index in [0.717, 1.165) is 54.0 Å². The Morgan fingerprint density at radius 3 is 2.55 bits per heavy atom. The van der Waals surface area contributed by atoms with Crippen LogP contribution < -0.4 is 0 Å². The van der Waals surface area contributed by atoms with Crippen molar-refractivity contribution in [2.45, 2.75) is 39.2 Å². The van der Waals surface area contributed by atoms with Gasteiger partial charge in [-0.15, -0.1) is 0 Å². The molecule has 42 heavy (non-hydrogen) atoms. The van der Waals surface area contributed by atoms with E-state index in [1.807, 2.05) is 60.4 Å². The Morgan fingerprint density at radius 1 is 1.07 bits per heavy atom. The lowest BCUT2D eigenvalue weighted by atomic mass is 9.99. The summed E-state index contributed by atoms with van der Waals surface area (Å²) in [5, 5.41) is 23.1. The Kier molecular flexibility index (Phi) is 7.26. The molecule has 0 aliphatic carbocycles. The molecule has 0 atom stereocenters. The van der Waals surface area contributed by atoms with Gasteiger partial charge in [-0.3, -0.25) is 14.9 Å². The van der Waals surface area contributed by atoms with Gasteiger partial charge in [-0.05, 0) is 42.2 Å². The van der Waals surface area contributed by atoms with E-state index >= 15 is 0 Å². The molecule has 0 radical (unpaired) electrons. The molecular formula is C32H30N6O4. The van der Waals surface area contributed by atoms with Crippen molar-refractivity contribution in [3.63, 3.8) is 0 Å². The lowest BCUT2D eigenvalue weighted by Gasteiger charge is -2.26. The number of aromatic nitrogens is 3. The van der Waals surface area contributed by atoms with Crippen molar-refractivity contribution >= 4 is 33.9 Å². The van der Waals surface area contributed by atoms with Crippen molar-refractivity contribution in [2.75, 3.05) is 6.54 Å². The van der Waals surface area contributed by atoms with Crippen molar-refractivity contribution in [3.8, 4) is 17.1 Å². The number of nitro benzene ring substituents is 1. The molecule has 1 amide bonds. The van der Waals surface area contributed by atoms with E-state index in [2.05, 4.69) is 15.0 Å². The molecule has 0 unspecified atom stereocenters. The number of likely N-dealkylation sites (tertiary alicyclic amines) is 1. The summed E-state index contributed by atoms with van der Waals surface area (Å²) in [5.41, 5.74) is 5.53. The van der Waals surface area contributed by atoms with E-state index in [4.69, 9.17) is 4.99 Å². The third kappa shape index (κ3) is 5.38. The van der Waals surface area contributed by atoms with E-state index in [1.165, 1.54) is 12.1 Å². The number of carbonyl (C=O) groups excluding carboxylic acids is 1. The Hall–Kier alpha value is -5.25. The number of aromatic amines is 2. The van der Waals surface area contributed by atoms with E-state index in [9.17, 15) is 20.0 Å². The number of aromatic hydroxyl groups is 1. The number of piperidine rings is 1. The molecule has 3 heterocycles. The maximum Gasteiger partial charge on any atom is 0.270 e. The van der Waals surface area contributed by atoms with Gasteiger partial charge in [0.2, 0.25) is 5.91 Å². The number of non-ortho nitro benzene ring substituents is 1. The summed E-state index contributed by atoms with van der Waals surface area (Å²) >= 11 is 0. The SMILES string of the molecule is CCc1ncc(-c2ccc(N=C(c3ccc(CN4CCCCC4=O)cc3)c3c(O)[nH]c4ccc([N+](=O)[O-])cc34)cc2)[nH]1. The highest BCUT2D eigenvalue weighted by atomic mass is 16.6. The number of rotatable bonds is 8. The first kappa shape index (κ1) is 26.9. The third-order valence-electron chi connectivity index (χ3n) is 7.61. The molecule has 10 heteroatoms. The maximum absolute atomic E-state index is 12.3. The Labute approximate surface area is 241 Å². The minimum Gasteiger partial charge on any atom is -0.494 e. The van der Waals surface area contributed by atoms with Crippen LogP contribution in [-0.4, -0.2) is 48.0 Å². The van der Waals surface area contributed by atoms with Crippen LogP contribution in [0.15, 0.2) is 77.9 Å². The third-order valence-corrected chi connectivity index (χ3v) is 7.61. The molecule has 0 bridgehead atoms. The van der Waals surface area contributed by atoms with Crippen LogP contribution in [0.5, 0.6) is 5.88 Å². The van der Waals surface area contributed by atoms with Crippen LogP contribution in [0.4, 0.5) is 11.4 Å². The van der Waals surface area contributed by atoms with Crippen LogP contribution >= 0.6 is 0 Å². The van der Waals surface area contributed by atoms with Crippen LogP contribution in [0.25, 0.3) is 22.2 Å². The average molecular weight is 563 g/mol. The predicted molar refractivity (Wildman–Crippen MR) is 161 cm³/mol. The van der Waals surface area contributed by atoms with Crippen LogP contribution in [-0.2, 0) is 17.8 Å². The average Bonchev–Trinajstić information content (AvgIpc) is 3.61. The zero-order chi connectivity index (χ0) is 29.2. The quantitative estimate of drug-likeness (QED) is 0.114. The van der Waals surface area contributed by atoms with Gasteiger partial charge in [0, 0.05) is 54.5 Å². The number of nitrogens with zero attached hydrogens (tertiary/aromatic N) is 4. The van der Waals surface area contributed by atoms with Crippen molar-refractivity contribution in [1.82, 2.24) is 19.9 Å². The largest absolute Gasteiger partial charge is 0.494 e. The van der Waals surface area contributed by atoms with Gasteiger partial charge in [-0.1, -0.05) is 43.3 Å². The highest BCUT2D eigenvalue weighted by Crippen LogP contribution is 2.34. The monoisotopic (exact) mass is 562 g/mol.